The number of nitrogens with one attached hydrogen (secondary N) is 2. The maximum Gasteiger partial charge on any atom is 0.295 e. The molecule has 24 heavy (non-hydrogen) atoms. The Kier molecular flexibility index (Phi) is 4.92. The minimum absolute atomic E-state index is 0.0223. The van der Waals surface area contributed by atoms with Crippen LogP contribution in [0.3, 0.4) is 0 Å². The normalized spacial score (nSPS) is 12.3. The average Bonchev–Trinajstić information content (AvgIpc) is 2.44. The smallest absolute Gasteiger partial charge is 0.295 e. The van der Waals surface area contributed by atoms with Crippen molar-refractivity contribution in [1.82, 2.24) is 5.32 Å². The molecule has 0 aliphatic carbocycles. The maximum absolute atomic E-state index is 11.7. The third-order valence-corrected chi connectivity index (χ3v) is 4.86. The molecule has 1 amide bonds. The number of fused-ring (bicyclic) bond motifs is 1. The molecule has 0 bridgehead atoms. The third-order valence-electron chi connectivity index (χ3n) is 3.12. The van der Waals surface area contributed by atoms with E-state index in [0.717, 1.165) is 18.2 Å². The van der Waals surface area contributed by atoms with E-state index in [2.05, 4.69) is 10.6 Å². The minimum Gasteiger partial charge on any atom is -0.324 e. The summed E-state index contributed by atoms with van der Waals surface area (Å²) in [5.74, 6) is -0.511. The number of hydrogen-bond acceptors (Lipinski definition) is 6. The lowest BCUT2D eigenvalue weighted by Crippen LogP contribution is -2.25. The lowest BCUT2D eigenvalue weighted by atomic mass is 10.1. The topological polar surface area (TPSA) is 150 Å². The molecule has 0 aliphatic heterocycles. The first-order valence-electron chi connectivity index (χ1n) is 6.50. The van der Waals surface area contributed by atoms with Gasteiger partial charge in [0.05, 0.1) is 17.1 Å². The fourth-order valence-electron chi connectivity index (χ4n) is 2.16. The van der Waals surface area contributed by atoms with Gasteiger partial charge in [0, 0.05) is 10.8 Å². The van der Waals surface area contributed by atoms with Gasteiger partial charge in [-0.15, -0.1) is 0 Å². The summed E-state index contributed by atoms with van der Waals surface area (Å²) >= 11 is 0. The van der Waals surface area contributed by atoms with Crippen LogP contribution < -0.4 is 10.6 Å². The number of likely N-dealkylation sites (N-methyl/N-ethyl adjacent to an activating group) is 1. The molecule has 0 aliphatic rings. The van der Waals surface area contributed by atoms with E-state index in [1.807, 2.05) is 0 Å². The SMILES string of the molecule is CNCC(=O)Nc1cc(S(=O)(=O)O)cc2c(S(=O)(=O)O)cccc12. The Morgan fingerprint density at radius 2 is 1.71 bits per heavy atom. The second kappa shape index (κ2) is 6.45. The molecular formula is C13H14N2O7S2. The van der Waals surface area contributed by atoms with E-state index in [0.29, 0.717) is 0 Å². The Morgan fingerprint density at radius 1 is 1.04 bits per heavy atom. The zero-order valence-electron chi connectivity index (χ0n) is 12.3. The molecular weight excluding hydrogens is 360 g/mol. The number of benzene rings is 2. The molecule has 0 spiro atoms. The van der Waals surface area contributed by atoms with Gasteiger partial charge in [-0.3, -0.25) is 13.9 Å². The van der Waals surface area contributed by atoms with E-state index < -0.39 is 35.9 Å². The van der Waals surface area contributed by atoms with Crippen molar-refractivity contribution in [2.45, 2.75) is 9.79 Å². The zero-order valence-corrected chi connectivity index (χ0v) is 14.0. The maximum atomic E-state index is 11.7. The van der Waals surface area contributed by atoms with E-state index in [-0.39, 0.29) is 23.0 Å². The highest BCUT2D eigenvalue weighted by molar-refractivity contribution is 7.86. The van der Waals surface area contributed by atoms with Gasteiger partial charge < -0.3 is 10.6 Å². The third kappa shape index (κ3) is 3.88. The van der Waals surface area contributed by atoms with Crippen LogP contribution in [0.25, 0.3) is 10.8 Å². The summed E-state index contributed by atoms with van der Waals surface area (Å²) in [5, 5.41) is 5.05. The number of hydrogen-bond donors (Lipinski definition) is 4. The molecule has 11 heteroatoms. The summed E-state index contributed by atoms with van der Waals surface area (Å²) < 4.78 is 64.4. The van der Waals surface area contributed by atoms with Gasteiger partial charge >= 0.3 is 0 Å². The predicted octanol–water partition coefficient (Wildman–Crippen LogP) is 0.491. The van der Waals surface area contributed by atoms with Crippen molar-refractivity contribution in [2.24, 2.45) is 0 Å². The van der Waals surface area contributed by atoms with Gasteiger partial charge in [-0.1, -0.05) is 12.1 Å². The first-order chi connectivity index (χ1) is 11.0. The highest BCUT2D eigenvalue weighted by Gasteiger charge is 2.20. The fraction of sp³-hybridized carbons (Fsp3) is 0.154. The van der Waals surface area contributed by atoms with Gasteiger partial charge in [0.15, 0.2) is 0 Å². The van der Waals surface area contributed by atoms with Crippen LogP contribution in [0.2, 0.25) is 0 Å². The number of amides is 1. The Morgan fingerprint density at radius 3 is 2.25 bits per heavy atom. The molecule has 2 rings (SSSR count). The van der Waals surface area contributed by atoms with Crippen LogP contribution >= 0.6 is 0 Å². The molecule has 0 aromatic heterocycles. The molecule has 130 valence electrons. The van der Waals surface area contributed by atoms with Crippen LogP contribution in [0.5, 0.6) is 0 Å². The second-order valence-electron chi connectivity index (χ2n) is 4.85. The van der Waals surface area contributed by atoms with Crippen molar-refractivity contribution >= 4 is 42.6 Å². The highest BCUT2D eigenvalue weighted by atomic mass is 32.2. The monoisotopic (exact) mass is 374 g/mol. The molecule has 4 N–H and O–H groups in total. The van der Waals surface area contributed by atoms with E-state index in [9.17, 15) is 30.7 Å². The predicted molar refractivity (Wildman–Crippen MR) is 86.1 cm³/mol. The van der Waals surface area contributed by atoms with Crippen LogP contribution in [0.15, 0.2) is 40.1 Å². The van der Waals surface area contributed by atoms with E-state index in [4.69, 9.17) is 0 Å². The van der Waals surface area contributed by atoms with Gasteiger partial charge in [0.1, 0.15) is 4.90 Å². The first kappa shape index (κ1) is 18.3. The van der Waals surface area contributed by atoms with Crippen molar-refractivity contribution in [1.29, 1.82) is 0 Å². The molecule has 0 heterocycles. The molecule has 0 fully saturated rings. The minimum atomic E-state index is -4.67. The van der Waals surface area contributed by atoms with E-state index in [1.165, 1.54) is 19.2 Å². The molecule has 2 aromatic rings. The summed E-state index contributed by atoms with van der Waals surface area (Å²) in [6.45, 7) is -0.0738. The Balaban J connectivity index is 2.83. The highest BCUT2D eigenvalue weighted by Crippen LogP contribution is 2.32. The quantitative estimate of drug-likeness (QED) is 0.552. The lowest BCUT2D eigenvalue weighted by Gasteiger charge is -2.12. The van der Waals surface area contributed by atoms with Gasteiger partial charge in [-0.05, 0) is 25.2 Å². The summed E-state index contributed by atoms with van der Waals surface area (Å²) in [5.41, 5.74) is -0.0223. The largest absolute Gasteiger partial charge is 0.324 e. The molecule has 9 nitrogen and oxygen atoms in total. The van der Waals surface area contributed by atoms with Crippen LogP contribution in [0.1, 0.15) is 0 Å². The van der Waals surface area contributed by atoms with Crippen LogP contribution in [0.4, 0.5) is 5.69 Å². The molecule has 0 radical (unpaired) electrons. The van der Waals surface area contributed by atoms with Crippen molar-refractivity contribution in [3.05, 3.63) is 30.3 Å². The van der Waals surface area contributed by atoms with E-state index in [1.54, 1.807) is 0 Å². The summed E-state index contributed by atoms with van der Waals surface area (Å²) in [7, 11) is -7.79. The van der Waals surface area contributed by atoms with Crippen LogP contribution in [0, 0.1) is 0 Å². The number of rotatable bonds is 5. The van der Waals surface area contributed by atoms with Crippen LogP contribution in [-0.2, 0) is 25.0 Å². The molecule has 0 atom stereocenters. The molecule has 0 saturated carbocycles. The summed E-state index contributed by atoms with van der Waals surface area (Å²) in [6.07, 6.45) is 0. The van der Waals surface area contributed by atoms with Gasteiger partial charge in [-0.2, -0.15) is 16.8 Å². The van der Waals surface area contributed by atoms with E-state index >= 15 is 0 Å². The Labute approximate surface area is 138 Å². The Bertz CT molecular complexity index is 1010. The zero-order chi connectivity index (χ0) is 18.1. The molecule has 2 aromatic carbocycles. The standard InChI is InChI=1S/C13H14N2O7S2/c1-14-7-13(16)15-11-6-8(23(17,18)19)5-10-9(11)3-2-4-12(10)24(20,21)22/h2-6,14H,7H2,1H3,(H,15,16)(H,17,18,19)(H,20,21,22). The molecule has 0 unspecified atom stereocenters. The van der Waals surface area contributed by atoms with Gasteiger partial charge in [-0.25, -0.2) is 0 Å². The van der Waals surface area contributed by atoms with Crippen LogP contribution in [-0.4, -0.2) is 45.4 Å². The average molecular weight is 374 g/mol. The first-order valence-corrected chi connectivity index (χ1v) is 9.38. The van der Waals surface area contributed by atoms with Crippen molar-refractivity contribution in [2.75, 3.05) is 18.9 Å². The van der Waals surface area contributed by atoms with Gasteiger partial charge in [0.2, 0.25) is 5.91 Å². The van der Waals surface area contributed by atoms with Crippen molar-refractivity contribution < 1.29 is 30.7 Å². The summed E-state index contributed by atoms with van der Waals surface area (Å²) in [4.78, 5) is 10.6. The number of anilines is 1. The second-order valence-corrected chi connectivity index (χ2v) is 7.66. The van der Waals surface area contributed by atoms with Gasteiger partial charge in [0.25, 0.3) is 20.2 Å². The number of carbonyl (C=O) groups is 1. The van der Waals surface area contributed by atoms with Crippen molar-refractivity contribution in [3.8, 4) is 0 Å². The number of carbonyl (C=O) groups excluding carboxylic acids is 1. The summed E-state index contributed by atoms with van der Waals surface area (Å²) in [6, 6.07) is 5.74. The molecule has 0 saturated heterocycles. The Hall–Kier alpha value is -2.05. The lowest BCUT2D eigenvalue weighted by molar-refractivity contribution is -0.115. The van der Waals surface area contributed by atoms with Crippen molar-refractivity contribution in [3.63, 3.8) is 0 Å². The fourth-order valence-corrected chi connectivity index (χ4v) is 3.39.